The molecule has 96 valence electrons. The number of hydrogen-bond acceptors (Lipinski definition) is 3. The number of rotatable bonds is 2. The van der Waals surface area contributed by atoms with Crippen molar-refractivity contribution in [3.63, 3.8) is 0 Å². The highest BCUT2D eigenvalue weighted by atomic mass is 16.2. The van der Waals surface area contributed by atoms with Crippen LogP contribution in [0.4, 0.5) is 5.69 Å². The van der Waals surface area contributed by atoms with Gasteiger partial charge in [0.25, 0.3) is 0 Å². The summed E-state index contributed by atoms with van der Waals surface area (Å²) in [7, 11) is 0. The Hall–Kier alpha value is -2.23. The first-order chi connectivity index (χ1) is 9.36. The van der Waals surface area contributed by atoms with Crippen molar-refractivity contribution in [2.75, 3.05) is 11.4 Å². The summed E-state index contributed by atoms with van der Waals surface area (Å²) in [5, 5.41) is 0. The number of carbonyl (C=O) groups excluding carboxylic acids is 1. The summed E-state index contributed by atoms with van der Waals surface area (Å²) >= 11 is 0. The van der Waals surface area contributed by atoms with Gasteiger partial charge >= 0.3 is 0 Å². The predicted molar refractivity (Wildman–Crippen MR) is 73.7 cm³/mol. The van der Waals surface area contributed by atoms with Gasteiger partial charge in [-0.15, -0.1) is 0 Å². The highest BCUT2D eigenvalue weighted by molar-refractivity contribution is 5.97. The van der Waals surface area contributed by atoms with Crippen molar-refractivity contribution in [3.05, 3.63) is 42.9 Å². The van der Waals surface area contributed by atoms with Crippen molar-refractivity contribution in [2.45, 2.75) is 19.3 Å². The summed E-state index contributed by atoms with van der Waals surface area (Å²) in [6, 6.07) is 7.68. The van der Waals surface area contributed by atoms with Gasteiger partial charge < -0.3 is 4.90 Å². The first-order valence-corrected chi connectivity index (χ1v) is 6.52. The molecule has 3 rings (SSSR count). The number of carbonyl (C=O) groups is 1. The summed E-state index contributed by atoms with van der Waals surface area (Å²) in [6.07, 6.45) is 7.91. The number of pyridine rings is 2. The number of anilines is 1. The molecule has 0 unspecified atom stereocenters. The van der Waals surface area contributed by atoms with Gasteiger partial charge in [-0.2, -0.15) is 0 Å². The van der Waals surface area contributed by atoms with Gasteiger partial charge in [-0.1, -0.05) is 0 Å². The number of hydrogen-bond donors (Lipinski definition) is 0. The maximum atomic E-state index is 12.1. The molecular weight excluding hydrogens is 238 g/mol. The number of nitrogens with zero attached hydrogens (tertiary/aromatic N) is 3. The number of piperidine rings is 1. The van der Waals surface area contributed by atoms with E-state index in [1.165, 1.54) is 0 Å². The Bertz CT molecular complexity index is 583. The molecule has 0 saturated carbocycles. The zero-order valence-corrected chi connectivity index (χ0v) is 10.6. The van der Waals surface area contributed by atoms with E-state index < -0.39 is 0 Å². The van der Waals surface area contributed by atoms with Gasteiger partial charge in [-0.25, -0.2) is 0 Å². The second-order valence-corrected chi connectivity index (χ2v) is 4.61. The summed E-state index contributed by atoms with van der Waals surface area (Å²) < 4.78 is 0. The molecule has 0 bridgehead atoms. The summed E-state index contributed by atoms with van der Waals surface area (Å²) in [5.74, 6) is 0.189. The smallest absolute Gasteiger partial charge is 0.227 e. The minimum absolute atomic E-state index is 0.189. The average molecular weight is 253 g/mol. The van der Waals surface area contributed by atoms with Crippen LogP contribution in [0.5, 0.6) is 0 Å². The molecule has 0 radical (unpaired) electrons. The molecule has 0 spiro atoms. The maximum Gasteiger partial charge on any atom is 0.227 e. The van der Waals surface area contributed by atoms with Crippen LogP contribution in [0.2, 0.25) is 0 Å². The van der Waals surface area contributed by atoms with E-state index in [-0.39, 0.29) is 5.91 Å². The minimum atomic E-state index is 0.189. The Kier molecular flexibility index (Phi) is 3.23. The molecule has 1 saturated heterocycles. The number of aromatic nitrogens is 2. The Morgan fingerprint density at radius 3 is 2.68 bits per heavy atom. The first kappa shape index (κ1) is 11.8. The third-order valence-electron chi connectivity index (χ3n) is 3.35. The molecule has 1 aliphatic heterocycles. The molecule has 3 heterocycles. The lowest BCUT2D eigenvalue weighted by Gasteiger charge is -2.28. The molecule has 0 N–H and O–H groups in total. The topological polar surface area (TPSA) is 46.1 Å². The lowest BCUT2D eigenvalue weighted by molar-refractivity contribution is -0.119. The number of amides is 1. The molecule has 0 aliphatic carbocycles. The van der Waals surface area contributed by atoms with Crippen LogP contribution in [-0.2, 0) is 4.79 Å². The van der Waals surface area contributed by atoms with Crippen LogP contribution in [0.3, 0.4) is 0 Å². The molecular formula is C15H15N3O. The van der Waals surface area contributed by atoms with Crippen molar-refractivity contribution >= 4 is 11.6 Å². The van der Waals surface area contributed by atoms with E-state index in [4.69, 9.17) is 0 Å². The largest absolute Gasteiger partial charge is 0.310 e. The SMILES string of the molecule is O=C1CCCCN1c1cccnc1-c1ccncc1. The zero-order valence-electron chi connectivity index (χ0n) is 10.6. The van der Waals surface area contributed by atoms with E-state index in [2.05, 4.69) is 9.97 Å². The summed E-state index contributed by atoms with van der Waals surface area (Å²) in [4.78, 5) is 22.4. The molecule has 1 fully saturated rings. The molecule has 1 aliphatic rings. The van der Waals surface area contributed by atoms with Crippen molar-refractivity contribution in [1.29, 1.82) is 0 Å². The minimum Gasteiger partial charge on any atom is -0.310 e. The third-order valence-corrected chi connectivity index (χ3v) is 3.35. The average Bonchev–Trinajstić information content (AvgIpc) is 2.49. The van der Waals surface area contributed by atoms with E-state index in [9.17, 15) is 4.79 Å². The van der Waals surface area contributed by atoms with Gasteiger partial charge in [0.15, 0.2) is 0 Å². The van der Waals surface area contributed by atoms with Crippen molar-refractivity contribution < 1.29 is 4.79 Å². The Morgan fingerprint density at radius 2 is 1.89 bits per heavy atom. The van der Waals surface area contributed by atoms with Gasteiger partial charge in [0.1, 0.15) is 0 Å². The Labute approximate surface area is 112 Å². The Morgan fingerprint density at radius 1 is 1.05 bits per heavy atom. The highest BCUT2D eigenvalue weighted by Crippen LogP contribution is 2.30. The van der Waals surface area contributed by atoms with Gasteiger partial charge in [0, 0.05) is 37.1 Å². The van der Waals surface area contributed by atoms with Crippen molar-refractivity contribution in [3.8, 4) is 11.3 Å². The second kappa shape index (κ2) is 5.18. The van der Waals surface area contributed by atoms with Crippen LogP contribution in [0.25, 0.3) is 11.3 Å². The fraction of sp³-hybridized carbons (Fsp3) is 0.267. The van der Waals surface area contributed by atoms with Crippen molar-refractivity contribution in [2.24, 2.45) is 0 Å². The van der Waals surface area contributed by atoms with E-state index in [0.29, 0.717) is 6.42 Å². The lowest BCUT2D eigenvalue weighted by atomic mass is 10.1. The molecule has 4 nitrogen and oxygen atoms in total. The van der Waals surface area contributed by atoms with Gasteiger partial charge in [0.2, 0.25) is 5.91 Å². The summed E-state index contributed by atoms with van der Waals surface area (Å²) in [6.45, 7) is 0.780. The van der Waals surface area contributed by atoms with Crippen LogP contribution in [0.1, 0.15) is 19.3 Å². The van der Waals surface area contributed by atoms with E-state index >= 15 is 0 Å². The fourth-order valence-corrected chi connectivity index (χ4v) is 2.41. The first-order valence-electron chi connectivity index (χ1n) is 6.52. The quantitative estimate of drug-likeness (QED) is 0.826. The fourth-order valence-electron chi connectivity index (χ4n) is 2.41. The molecule has 2 aromatic rings. The van der Waals surface area contributed by atoms with Gasteiger partial charge in [-0.3, -0.25) is 14.8 Å². The van der Waals surface area contributed by atoms with Gasteiger partial charge in [0.05, 0.1) is 11.4 Å². The third kappa shape index (κ3) is 2.34. The lowest BCUT2D eigenvalue weighted by Crippen LogP contribution is -2.35. The molecule has 0 atom stereocenters. The van der Waals surface area contributed by atoms with E-state index in [1.54, 1.807) is 18.6 Å². The highest BCUT2D eigenvalue weighted by Gasteiger charge is 2.22. The Balaban J connectivity index is 2.04. The second-order valence-electron chi connectivity index (χ2n) is 4.61. The maximum absolute atomic E-state index is 12.1. The molecule has 19 heavy (non-hydrogen) atoms. The van der Waals surface area contributed by atoms with Crippen molar-refractivity contribution in [1.82, 2.24) is 9.97 Å². The monoisotopic (exact) mass is 253 g/mol. The molecule has 0 aromatic carbocycles. The molecule has 1 amide bonds. The summed E-state index contributed by atoms with van der Waals surface area (Å²) in [5.41, 5.74) is 2.74. The standard InChI is InChI=1S/C15H15N3O/c19-14-5-1-2-11-18(14)13-4-3-8-17-15(13)12-6-9-16-10-7-12/h3-4,6-10H,1-2,5,11H2. The van der Waals surface area contributed by atoms with E-state index in [1.807, 2.05) is 29.2 Å². The molecule has 4 heteroatoms. The molecule has 2 aromatic heterocycles. The van der Waals surface area contributed by atoms with Crippen LogP contribution in [-0.4, -0.2) is 22.4 Å². The van der Waals surface area contributed by atoms with Crippen LogP contribution < -0.4 is 4.90 Å². The zero-order chi connectivity index (χ0) is 13.1. The predicted octanol–water partition coefficient (Wildman–Crippen LogP) is 2.66. The normalized spacial score (nSPS) is 15.6. The van der Waals surface area contributed by atoms with Crippen LogP contribution in [0.15, 0.2) is 42.9 Å². The van der Waals surface area contributed by atoms with Crippen LogP contribution in [0, 0.1) is 0 Å². The van der Waals surface area contributed by atoms with Gasteiger partial charge in [-0.05, 0) is 37.1 Å². The van der Waals surface area contributed by atoms with E-state index in [0.717, 1.165) is 36.3 Å². The van der Waals surface area contributed by atoms with Crippen LogP contribution >= 0.6 is 0 Å².